The molecular weight excluding hydrogens is 324 g/mol. The topological polar surface area (TPSA) is 99.5 Å². The monoisotopic (exact) mass is 345 g/mol. The number of carbonyl (C=O) groups is 1. The van der Waals surface area contributed by atoms with E-state index in [0.717, 1.165) is 6.42 Å². The average Bonchev–Trinajstić information content (AvgIpc) is 2.56. The van der Waals surface area contributed by atoms with Crippen LogP contribution in [0.25, 0.3) is 0 Å². The quantitative estimate of drug-likeness (QED) is 0.679. The molecule has 0 saturated carbocycles. The van der Waals surface area contributed by atoms with Gasteiger partial charge in [-0.1, -0.05) is 0 Å². The van der Waals surface area contributed by atoms with Crippen molar-refractivity contribution in [1.82, 2.24) is 20.2 Å². The molecule has 1 fully saturated rings. The van der Waals surface area contributed by atoms with E-state index in [1.807, 2.05) is 5.32 Å². The van der Waals surface area contributed by atoms with Crippen LogP contribution in [-0.4, -0.2) is 58.9 Å². The van der Waals surface area contributed by atoms with E-state index in [1.165, 1.54) is 10.8 Å². The van der Waals surface area contributed by atoms with Gasteiger partial charge >= 0.3 is 6.03 Å². The molecule has 1 unspecified atom stereocenters. The van der Waals surface area contributed by atoms with Gasteiger partial charge in [-0.2, -0.15) is 0 Å². The number of carbonyl (C=O) groups excluding carboxylic acids is 1. The van der Waals surface area contributed by atoms with Crippen LogP contribution in [0.5, 0.6) is 0 Å². The molecule has 8 nitrogen and oxygen atoms in total. The molecule has 0 aliphatic carbocycles. The molecule has 2 rings (SSSR count). The van der Waals surface area contributed by atoms with Gasteiger partial charge in [0.15, 0.2) is 5.82 Å². The van der Waals surface area contributed by atoms with Gasteiger partial charge in [0, 0.05) is 38.6 Å². The number of piperidine rings is 1. The Morgan fingerprint density at radius 3 is 3.00 bits per heavy atom. The predicted molar refractivity (Wildman–Crippen MR) is 83.3 cm³/mol. The maximum absolute atomic E-state index is 12.9. The molecule has 10 heteroatoms. The smallest absolute Gasteiger partial charge is 0.315 e. The van der Waals surface area contributed by atoms with E-state index in [2.05, 4.69) is 10.3 Å². The number of aromatic nitrogens is 2. The van der Waals surface area contributed by atoms with Crippen molar-refractivity contribution in [3.05, 3.63) is 22.7 Å². The molecule has 0 aromatic carbocycles. The van der Waals surface area contributed by atoms with Gasteiger partial charge < -0.3 is 25.2 Å². The van der Waals surface area contributed by atoms with Crippen LogP contribution < -0.4 is 21.1 Å². The predicted octanol–water partition coefficient (Wildman–Crippen LogP) is -0.324. The fourth-order valence-corrected chi connectivity index (χ4v) is 2.49. The van der Waals surface area contributed by atoms with Crippen molar-refractivity contribution in [3.63, 3.8) is 0 Å². The standard InChI is InChI=1S/C14H21F2N5O3/c1-20-6-4-17-11(12(20)23)21-5-2-3-10(7-21)19-13(24)18-8-14(15,16)9-22/h4,6,10,22H,2-3,5,7-9H2,1H3,(H2,18,19,24). The van der Waals surface area contributed by atoms with E-state index >= 15 is 0 Å². The highest BCUT2D eigenvalue weighted by Crippen LogP contribution is 2.14. The van der Waals surface area contributed by atoms with Crippen LogP contribution in [0.15, 0.2) is 17.2 Å². The Labute approximate surface area is 137 Å². The summed E-state index contributed by atoms with van der Waals surface area (Å²) < 4.78 is 27.2. The van der Waals surface area contributed by atoms with E-state index in [1.54, 1.807) is 18.1 Å². The van der Waals surface area contributed by atoms with Crippen LogP contribution >= 0.6 is 0 Å². The Hall–Kier alpha value is -2.23. The summed E-state index contributed by atoms with van der Waals surface area (Å²) in [5.74, 6) is -3.05. The molecule has 1 saturated heterocycles. The van der Waals surface area contributed by atoms with Gasteiger partial charge in [0.05, 0.1) is 6.54 Å². The molecule has 3 N–H and O–H groups in total. The van der Waals surface area contributed by atoms with E-state index in [0.29, 0.717) is 25.3 Å². The second kappa shape index (κ2) is 7.56. The number of halogens is 2. The number of alkyl halides is 2. The molecule has 1 aliphatic heterocycles. The van der Waals surface area contributed by atoms with Crippen molar-refractivity contribution < 1.29 is 18.7 Å². The molecule has 0 bridgehead atoms. The van der Waals surface area contributed by atoms with Crippen LogP contribution in [0.3, 0.4) is 0 Å². The third-order valence-corrected chi connectivity index (χ3v) is 3.79. The largest absolute Gasteiger partial charge is 0.390 e. The number of aryl methyl sites for hydroxylation is 1. The SMILES string of the molecule is Cn1ccnc(N2CCCC(NC(=O)NCC(F)(F)CO)C2)c1=O. The van der Waals surface area contributed by atoms with Crippen molar-refractivity contribution in [2.24, 2.45) is 7.05 Å². The summed E-state index contributed by atoms with van der Waals surface area (Å²) in [6.07, 6.45) is 4.49. The van der Waals surface area contributed by atoms with Crippen LogP contribution in [0.2, 0.25) is 0 Å². The van der Waals surface area contributed by atoms with Crippen LogP contribution in [0.1, 0.15) is 12.8 Å². The van der Waals surface area contributed by atoms with Crippen molar-refractivity contribution in [3.8, 4) is 0 Å². The number of hydrogen-bond donors (Lipinski definition) is 3. The third-order valence-electron chi connectivity index (χ3n) is 3.79. The van der Waals surface area contributed by atoms with E-state index < -0.39 is 25.1 Å². The van der Waals surface area contributed by atoms with E-state index in [-0.39, 0.29) is 11.6 Å². The lowest BCUT2D eigenvalue weighted by Crippen LogP contribution is -2.53. The number of aliphatic hydroxyl groups is 1. The second-order valence-corrected chi connectivity index (χ2v) is 5.79. The van der Waals surface area contributed by atoms with Crippen LogP contribution in [-0.2, 0) is 7.05 Å². The minimum Gasteiger partial charge on any atom is -0.390 e. The highest BCUT2D eigenvalue weighted by atomic mass is 19.3. The summed E-state index contributed by atoms with van der Waals surface area (Å²) >= 11 is 0. The first kappa shape index (κ1) is 18.1. The highest BCUT2D eigenvalue weighted by molar-refractivity contribution is 5.74. The van der Waals surface area contributed by atoms with Crippen molar-refractivity contribution in [2.45, 2.75) is 24.8 Å². The van der Waals surface area contributed by atoms with Gasteiger partial charge in [-0.25, -0.2) is 18.6 Å². The van der Waals surface area contributed by atoms with Crippen molar-refractivity contribution in [1.29, 1.82) is 0 Å². The van der Waals surface area contributed by atoms with Gasteiger partial charge in [0.1, 0.15) is 6.61 Å². The van der Waals surface area contributed by atoms with Gasteiger partial charge in [-0.15, -0.1) is 0 Å². The molecule has 0 spiro atoms. The fourth-order valence-electron chi connectivity index (χ4n) is 2.49. The molecule has 1 aromatic rings. The zero-order chi connectivity index (χ0) is 17.7. The Morgan fingerprint density at radius 1 is 1.54 bits per heavy atom. The number of aliphatic hydroxyl groups excluding tert-OH is 1. The first-order valence-corrected chi connectivity index (χ1v) is 7.62. The molecule has 0 radical (unpaired) electrons. The van der Waals surface area contributed by atoms with Crippen LogP contribution in [0.4, 0.5) is 19.4 Å². The Morgan fingerprint density at radius 2 is 2.29 bits per heavy atom. The number of urea groups is 1. The zero-order valence-corrected chi connectivity index (χ0v) is 13.3. The minimum absolute atomic E-state index is 0.231. The molecule has 1 aliphatic rings. The van der Waals surface area contributed by atoms with E-state index in [4.69, 9.17) is 5.11 Å². The second-order valence-electron chi connectivity index (χ2n) is 5.79. The summed E-state index contributed by atoms with van der Waals surface area (Å²) in [5, 5.41) is 13.1. The Kier molecular flexibility index (Phi) is 5.71. The summed E-state index contributed by atoms with van der Waals surface area (Å²) in [6.45, 7) is -1.26. The maximum atomic E-state index is 12.9. The lowest BCUT2D eigenvalue weighted by molar-refractivity contribution is -0.0454. The first-order chi connectivity index (χ1) is 11.3. The minimum atomic E-state index is -3.35. The number of amides is 2. The normalized spacial score (nSPS) is 18.3. The van der Waals surface area contributed by atoms with Gasteiger partial charge in [-0.3, -0.25) is 4.79 Å². The summed E-state index contributed by atoms with van der Waals surface area (Å²) in [4.78, 5) is 29.7. The number of nitrogens with zero attached hydrogens (tertiary/aromatic N) is 3. The molecule has 2 amide bonds. The molecule has 1 atom stereocenters. The number of anilines is 1. The molecule has 2 heterocycles. The fraction of sp³-hybridized carbons (Fsp3) is 0.643. The van der Waals surface area contributed by atoms with E-state index in [9.17, 15) is 18.4 Å². The van der Waals surface area contributed by atoms with Crippen LogP contribution in [0, 0.1) is 0 Å². The molecule has 134 valence electrons. The van der Waals surface area contributed by atoms with Crippen molar-refractivity contribution >= 4 is 11.8 Å². The first-order valence-electron chi connectivity index (χ1n) is 7.62. The number of nitrogens with one attached hydrogen (secondary N) is 2. The molecular formula is C14H21F2N5O3. The average molecular weight is 345 g/mol. The third kappa shape index (κ3) is 4.63. The summed E-state index contributed by atoms with van der Waals surface area (Å²) in [6, 6.07) is -1.02. The maximum Gasteiger partial charge on any atom is 0.315 e. The summed E-state index contributed by atoms with van der Waals surface area (Å²) in [5.41, 5.74) is -0.231. The van der Waals surface area contributed by atoms with Gasteiger partial charge in [0.2, 0.25) is 0 Å². The summed E-state index contributed by atoms with van der Waals surface area (Å²) in [7, 11) is 1.63. The Bertz CT molecular complexity index is 637. The van der Waals surface area contributed by atoms with Crippen molar-refractivity contribution in [2.75, 3.05) is 31.1 Å². The lowest BCUT2D eigenvalue weighted by atomic mass is 10.1. The number of rotatable bonds is 5. The molecule has 24 heavy (non-hydrogen) atoms. The van der Waals surface area contributed by atoms with Gasteiger partial charge in [0.25, 0.3) is 11.5 Å². The van der Waals surface area contributed by atoms with Gasteiger partial charge in [-0.05, 0) is 12.8 Å². The number of hydrogen-bond acceptors (Lipinski definition) is 5. The zero-order valence-electron chi connectivity index (χ0n) is 13.3. The molecule has 1 aromatic heterocycles. The Balaban J connectivity index is 1.92. The highest BCUT2D eigenvalue weighted by Gasteiger charge is 2.29. The lowest BCUT2D eigenvalue weighted by Gasteiger charge is -2.33.